The molecule has 0 saturated carbocycles. The van der Waals surface area contributed by atoms with Crippen LogP contribution in [0.15, 0.2) is 12.3 Å². The highest BCUT2D eigenvalue weighted by Gasteiger charge is 2.35. The number of alkyl halides is 3. The van der Waals surface area contributed by atoms with Gasteiger partial charge < -0.3 is 5.73 Å². The van der Waals surface area contributed by atoms with Gasteiger partial charge in [0.2, 0.25) is 0 Å². The lowest BCUT2D eigenvalue weighted by Crippen LogP contribution is -2.13. The number of aromatic nitrogens is 1. The van der Waals surface area contributed by atoms with Crippen molar-refractivity contribution in [3.8, 4) is 0 Å². The lowest BCUT2D eigenvalue weighted by molar-refractivity contribution is -0.140. The second-order valence-corrected chi connectivity index (χ2v) is 3.31. The molecule has 78 valence electrons. The molecule has 0 spiro atoms. The van der Waals surface area contributed by atoms with Crippen LogP contribution < -0.4 is 5.73 Å². The molecule has 0 radical (unpaired) electrons. The number of pyridine rings is 1. The lowest BCUT2D eigenvalue weighted by atomic mass is 10.0. The summed E-state index contributed by atoms with van der Waals surface area (Å²) in [4.78, 5) is 3.24. The molecule has 0 saturated heterocycles. The number of hydrogen-bond acceptors (Lipinski definition) is 2. The minimum absolute atomic E-state index is 0.0425. The fourth-order valence-electron chi connectivity index (χ4n) is 1.22. The fourth-order valence-corrected chi connectivity index (χ4v) is 1.22. The van der Waals surface area contributed by atoms with Crippen molar-refractivity contribution in [1.29, 1.82) is 0 Å². The molecule has 1 heterocycles. The number of anilines is 1. The number of nitrogens with two attached hydrogens (primary N) is 1. The summed E-state index contributed by atoms with van der Waals surface area (Å²) in [5.41, 5.74) is 4.60. The Kier molecular flexibility index (Phi) is 2.69. The minimum atomic E-state index is -4.48. The number of nitrogen functional groups attached to an aromatic ring is 1. The van der Waals surface area contributed by atoms with Crippen molar-refractivity contribution in [1.82, 2.24) is 4.98 Å². The highest BCUT2D eigenvalue weighted by molar-refractivity contribution is 5.52. The van der Waals surface area contributed by atoms with Gasteiger partial charge in [-0.15, -0.1) is 0 Å². The third-order valence-corrected chi connectivity index (χ3v) is 1.91. The second-order valence-electron chi connectivity index (χ2n) is 3.31. The van der Waals surface area contributed by atoms with E-state index in [-0.39, 0.29) is 11.6 Å². The highest BCUT2D eigenvalue weighted by atomic mass is 19.4. The Morgan fingerprint density at radius 2 is 1.93 bits per heavy atom. The highest BCUT2D eigenvalue weighted by Crippen LogP contribution is 2.35. The van der Waals surface area contributed by atoms with Crippen LogP contribution in [0.4, 0.5) is 18.9 Å². The molecule has 0 bridgehead atoms. The molecule has 2 nitrogen and oxygen atoms in total. The lowest BCUT2D eigenvalue weighted by Gasteiger charge is -2.14. The summed E-state index contributed by atoms with van der Waals surface area (Å²) in [5, 5.41) is 0. The van der Waals surface area contributed by atoms with Crippen molar-refractivity contribution >= 4 is 5.69 Å². The molecule has 1 rings (SSSR count). The van der Waals surface area contributed by atoms with E-state index >= 15 is 0 Å². The molecule has 0 atom stereocenters. The largest absolute Gasteiger partial charge is 0.435 e. The van der Waals surface area contributed by atoms with Gasteiger partial charge in [-0.05, 0) is 17.5 Å². The molecule has 2 N–H and O–H groups in total. The van der Waals surface area contributed by atoms with E-state index in [0.717, 1.165) is 6.20 Å². The van der Waals surface area contributed by atoms with E-state index in [1.54, 1.807) is 13.8 Å². The molecule has 5 heteroatoms. The Balaban J connectivity index is 3.28. The molecule has 0 fully saturated rings. The normalized spacial score (nSPS) is 12.1. The number of nitrogens with zero attached hydrogens (tertiary/aromatic N) is 1. The van der Waals surface area contributed by atoms with Crippen molar-refractivity contribution < 1.29 is 13.2 Å². The predicted molar refractivity (Wildman–Crippen MR) is 47.7 cm³/mol. The third kappa shape index (κ3) is 1.97. The molecule has 14 heavy (non-hydrogen) atoms. The molecule has 0 aliphatic rings. The van der Waals surface area contributed by atoms with E-state index < -0.39 is 11.9 Å². The van der Waals surface area contributed by atoms with Gasteiger partial charge in [-0.2, -0.15) is 13.2 Å². The van der Waals surface area contributed by atoms with E-state index in [1.165, 1.54) is 6.07 Å². The average molecular weight is 204 g/mol. The van der Waals surface area contributed by atoms with Gasteiger partial charge in [0.1, 0.15) is 0 Å². The van der Waals surface area contributed by atoms with Crippen LogP contribution in [-0.2, 0) is 6.18 Å². The molecule has 0 unspecified atom stereocenters. The van der Waals surface area contributed by atoms with Gasteiger partial charge in [-0.25, -0.2) is 4.98 Å². The summed E-state index contributed by atoms with van der Waals surface area (Å²) in [5.74, 6) is -0.0425. The van der Waals surface area contributed by atoms with Gasteiger partial charge in [-0.3, -0.25) is 0 Å². The zero-order valence-corrected chi connectivity index (χ0v) is 7.89. The maximum absolute atomic E-state index is 12.3. The van der Waals surface area contributed by atoms with Crippen molar-refractivity contribution in [3.05, 3.63) is 23.5 Å². The van der Waals surface area contributed by atoms with Crippen LogP contribution in [0.5, 0.6) is 0 Å². The smallest absolute Gasteiger partial charge is 0.397 e. The van der Waals surface area contributed by atoms with Crippen LogP contribution in [-0.4, -0.2) is 4.98 Å². The Labute approximate surface area is 79.9 Å². The second kappa shape index (κ2) is 3.48. The Morgan fingerprint density at radius 1 is 1.36 bits per heavy atom. The van der Waals surface area contributed by atoms with Crippen LogP contribution in [0.2, 0.25) is 0 Å². The maximum atomic E-state index is 12.3. The van der Waals surface area contributed by atoms with Gasteiger partial charge in [-0.1, -0.05) is 13.8 Å². The average Bonchev–Trinajstić information content (AvgIpc) is 2.01. The molecule has 0 amide bonds. The van der Waals surface area contributed by atoms with Gasteiger partial charge in [0.15, 0.2) is 5.69 Å². The Bertz CT molecular complexity index is 331. The summed E-state index contributed by atoms with van der Waals surface area (Å²) in [7, 11) is 0. The van der Waals surface area contributed by atoms with Crippen molar-refractivity contribution in [2.45, 2.75) is 25.9 Å². The molecule has 0 aliphatic carbocycles. The first-order valence-corrected chi connectivity index (χ1v) is 4.15. The van der Waals surface area contributed by atoms with Gasteiger partial charge in [0, 0.05) is 6.20 Å². The standard InChI is InChI=1S/C9H11F3N2/c1-5(2)6-3-4-14-8(7(6)13)9(10,11)12/h3-5H,13H2,1-2H3. The molecular formula is C9H11F3N2. The zero-order chi connectivity index (χ0) is 10.9. The van der Waals surface area contributed by atoms with Gasteiger partial charge in [0.25, 0.3) is 0 Å². The summed E-state index contributed by atoms with van der Waals surface area (Å²) >= 11 is 0. The van der Waals surface area contributed by atoms with Crippen molar-refractivity contribution in [2.75, 3.05) is 5.73 Å². The minimum Gasteiger partial charge on any atom is -0.397 e. The van der Waals surface area contributed by atoms with E-state index in [4.69, 9.17) is 5.73 Å². The van der Waals surface area contributed by atoms with Gasteiger partial charge >= 0.3 is 6.18 Å². The van der Waals surface area contributed by atoms with E-state index in [9.17, 15) is 13.2 Å². The molecule has 1 aromatic heterocycles. The van der Waals surface area contributed by atoms with Crippen molar-refractivity contribution in [3.63, 3.8) is 0 Å². The van der Waals surface area contributed by atoms with E-state index in [2.05, 4.69) is 4.98 Å². The Morgan fingerprint density at radius 3 is 2.36 bits per heavy atom. The van der Waals surface area contributed by atoms with Gasteiger partial charge in [0.05, 0.1) is 5.69 Å². The first-order valence-electron chi connectivity index (χ1n) is 4.15. The number of rotatable bonds is 1. The number of hydrogen-bond donors (Lipinski definition) is 1. The summed E-state index contributed by atoms with van der Waals surface area (Å²) in [6.07, 6.45) is -3.34. The monoisotopic (exact) mass is 204 g/mol. The number of halogens is 3. The van der Waals surface area contributed by atoms with Crippen LogP contribution in [0.1, 0.15) is 31.0 Å². The van der Waals surface area contributed by atoms with Crippen LogP contribution in [0.25, 0.3) is 0 Å². The molecule has 0 aliphatic heterocycles. The quantitative estimate of drug-likeness (QED) is 0.763. The predicted octanol–water partition coefficient (Wildman–Crippen LogP) is 2.81. The third-order valence-electron chi connectivity index (χ3n) is 1.91. The first-order chi connectivity index (χ1) is 6.34. The fraction of sp³-hybridized carbons (Fsp3) is 0.444. The molecule has 1 aromatic rings. The van der Waals surface area contributed by atoms with Crippen LogP contribution in [0, 0.1) is 0 Å². The summed E-state index contributed by atoms with van der Waals surface area (Å²) in [6, 6.07) is 1.51. The zero-order valence-electron chi connectivity index (χ0n) is 7.89. The first kappa shape index (κ1) is 10.8. The maximum Gasteiger partial charge on any atom is 0.435 e. The van der Waals surface area contributed by atoms with Crippen molar-refractivity contribution in [2.24, 2.45) is 0 Å². The van der Waals surface area contributed by atoms with Crippen LogP contribution >= 0.6 is 0 Å². The van der Waals surface area contributed by atoms with E-state index in [0.29, 0.717) is 5.56 Å². The molecular weight excluding hydrogens is 193 g/mol. The van der Waals surface area contributed by atoms with Crippen LogP contribution in [0.3, 0.4) is 0 Å². The SMILES string of the molecule is CC(C)c1ccnc(C(F)(F)F)c1N. The molecule has 0 aromatic carbocycles. The van der Waals surface area contributed by atoms with E-state index in [1.807, 2.05) is 0 Å². The Hall–Kier alpha value is -1.26. The summed E-state index contributed by atoms with van der Waals surface area (Å²) < 4.78 is 37.0. The summed E-state index contributed by atoms with van der Waals surface area (Å²) in [6.45, 7) is 3.57. The topological polar surface area (TPSA) is 38.9 Å².